The van der Waals surface area contributed by atoms with E-state index in [-0.39, 0.29) is 18.7 Å². The summed E-state index contributed by atoms with van der Waals surface area (Å²) in [5, 5.41) is 0. The summed E-state index contributed by atoms with van der Waals surface area (Å²) in [5.41, 5.74) is 3.34. The van der Waals surface area contributed by atoms with Gasteiger partial charge in [0.15, 0.2) is 0 Å². The largest absolute Gasteiger partial charge is 0.272 e. The summed E-state index contributed by atoms with van der Waals surface area (Å²) in [5.74, 6) is -1.82. The zero-order valence-corrected chi connectivity index (χ0v) is 24.8. The Morgan fingerprint density at radius 3 is 1.31 bits per heavy atom. The topological polar surface area (TPSA) is 74.8 Å². The van der Waals surface area contributed by atoms with E-state index < -0.39 is 23.6 Å². The van der Waals surface area contributed by atoms with Crippen molar-refractivity contribution in [1.82, 2.24) is 9.80 Å². The van der Waals surface area contributed by atoms with Crippen LogP contribution in [-0.4, -0.2) is 46.5 Å². The lowest BCUT2D eigenvalue weighted by atomic mass is 10.0. The number of benzene rings is 2. The second-order valence-corrected chi connectivity index (χ2v) is 11.4. The molecular weight excluding hydrogens is 744 g/mol. The number of fused-ring (bicyclic) bond motifs is 2. The first-order valence-electron chi connectivity index (χ1n) is 9.29. The highest BCUT2D eigenvalue weighted by molar-refractivity contribution is 9.14. The van der Waals surface area contributed by atoms with Gasteiger partial charge < -0.3 is 0 Å². The van der Waals surface area contributed by atoms with Crippen molar-refractivity contribution in [3.05, 3.63) is 61.3 Å². The fraction of sp³-hybridized carbons (Fsp3) is 0.238. The van der Waals surface area contributed by atoms with Crippen LogP contribution in [0.1, 0.15) is 58.1 Å². The van der Waals surface area contributed by atoms with Crippen molar-refractivity contribution in [1.29, 1.82) is 0 Å². The number of carbonyl (C=O) groups excluding carboxylic acids is 4. The molecule has 0 saturated carbocycles. The van der Waals surface area contributed by atoms with Crippen LogP contribution in [0.4, 0.5) is 0 Å². The van der Waals surface area contributed by atoms with E-state index in [9.17, 15) is 19.2 Å². The fourth-order valence-electron chi connectivity index (χ4n) is 4.02. The van der Waals surface area contributed by atoms with Crippen LogP contribution in [0.5, 0.6) is 0 Å². The van der Waals surface area contributed by atoms with E-state index in [1.165, 1.54) is 0 Å². The van der Waals surface area contributed by atoms with Crippen LogP contribution in [0.3, 0.4) is 0 Å². The van der Waals surface area contributed by atoms with Crippen LogP contribution in [0, 0.1) is 20.8 Å². The predicted molar refractivity (Wildman–Crippen MR) is 136 cm³/mol. The van der Waals surface area contributed by atoms with Crippen LogP contribution in [0.15, 0.2) is 22.4 Å². The highest BCUT2D eigenvalue weighted by Gasteiger charge is 2.43. The first-order chi connectivity index (χ1) is 14.9. The van der Waals surface area contributed by atoms with Crippen molar-refractivity contribution >= 4 is 103 Å². The molecule has 2 aliphatic heterocycles. The van der Waals surface area contributed by atoms with Crippen LogP contribution in [0.25, 0.3) is 0 Å². The molecule has 0 aliphatic carbocycles. The van der Waals surface area contributed by atoms with Gasteiger partial charge in [0.05, 0.1) is 22.3 Å². The molecule has 0 spiro atoms. The molecule has 0 fully saturated rings. The molecule has 2 aromatic carbocycles. The highest BCUT2D eigenvalue weighted by Crippen LogP contribution is 2.43. The van der Waals surface area contributed by atoms with Gasteiger partial charge in [-0.2, -0.15) is 0 Å². The van der Waals surface area contributed by atoms with Crippen molar-refractivity contribution in [3.8, 4) is 0 Å². The second-order valence-electron chi connectivity index (χ2n) is 7.47. The molecule has 2 aromatic rings. The SMILES string of the molecule is Cc1c(Br)c(C)c2c(c1Br)C(=O)N(CCN1C(=O)c3c(C)c(Br)c(Br)c(Br)c3C1=O)C2=O. The van der Waals surface area contributed by atoms with E-state index in [0.29, 0.717) is 45.7 Å². The van der Waals surface area contributed by atoms with Gasteiger partial charge in [0.25, 0.3) is 23.6 Å². The summed E-state index contributed by atoms with van der Waals surface area (Å²) in [7, 11) is 0. The number of hydrogen-bond acceptors (Lipinski definition) is 4. The van der Waals surface area contributed by atoms with E-state index in [2.05, 4.69) is 79.6 Å². The van der Waals surface area contributed by atoms with E-state index in [4.69, 9.17) is 0 Å². The standard InChI is InChI=1S/C21H13Br5N2O4/c1-6-9-11(14(23)8(3)13(6)22)20(31)27(18(9)29)4-5-28-19(30)10-7(2)15(24)17(26)16(25)12(10)21(28)32/h4-5H2,1-3H3. The molecule has 0 bridgehead atoms. The smallest absolute Gasteiger partial charge is 0.262 e. The summed E-state index contributed by atoms with van der Waals surface area (Å²) >= 11 is 17.2. The Morgan fingerprint density at radius 1 is 0.469 bits per heavy atom. The van der Waals surface area contributed by atoms with Crippen LogP contribution in [0.2, 0.25) is 0 Å². The fourth-order valence-corrected chi connectivity index (χ4v) is 6.97. The van der Waals surface area contributed by atoms with Crippen molar-refractivity contribution in [2.24, 2.45) is 0 Å². The summed E-state index contributed by atoms with van der Waals surface area (Å²) in [4.78, 5) is 54.5. The molecular formula is C21H13Br5N2O4. The molecule has 0 atom stereocenters. The molecule has 166 valence electrons. The average molecular weight is 757 g/mol. The maximum atomic E-state index is 13.1. The molecule has 32 heavy (non-hydrogen) atoms. The summed E-state index contributed by atoms with van der Waals surface area (Å²) in [6, 6.07) is 0. The van der Waals surface area contributed by atoms with Crippen LogP contribution in [-0.2, 0) is 0 Å². The molecule has 0 radical (unpaired) electrons. The number of amides is 4. The van der Waals surface area contributed by atoms with Gasteiger partial charge in [-0.05, 0) is 101 Å². The minimum Gasteiger partial charge on any atom is -0.272 e. The lowest BCUT2D eigenvalue weighted by Crippen LogP contribution is -2.40. The maximum absolute atomic E-state index is 13.1. The minimum atomic E-state index is -0.472. The number of halogens is 5. The number of imide groups is 2. The van der Waals surface area contributed by atoms with Crippen molar-refractivity contribution in [2.75, 3.05) is 13.1 Å². The number of nitrogens with zero attached hydrogens (tertiary/aromatic N) is 2. The van der Waals surface area contributed by atoms with E-state index in [1.807, 2.05) is 6.92 Å². The summed E-state index contributed by atoms with van der Waals surface area (Å²) in [6.45, 7) is 5.17. The summed E-state index contributed by atoms with van der Waals surface area (Å²) in [6.07, 6.45) is 0. The Bertz CT molecular complexity index is 1110. The molecule has 0 unspecified atom stereocenters. The first kappa shape index (κ1) is 24.3. The first-order valence-corrected chi connectivity index (χ1v) is 13.3. The lowest BCUT2D eigenvalue weighted by molar-refractivity contribution is 0.0560. The lowest BCUT2D eigenvalue weighted by Gasteiger charge is -2.19. The predicted octanol–water partition coefficient (Wildman–Crippen LogP) is 6.32. The molecule has 2 heterocycles. The van der Waals surface area contributed by atoms with E-state index in [1.54, 1.807) is 13.8 Å². The number of hydrogen-bond donors (Lipinski definition) is 0. The van der Waals surface area contributed by atoms with Gasteiger partial charge >= 0.3 is 0 Å². The molecule has 6 nitrogen and oxygen atoms in total. The third-order valence-corrected chi connectivity index (χ3v) is 11.6. The average Bonchev–Trinajstić information content (AvgIpc) is 3.15. The highest BCUT2D eigenvalue weighted by atomic mass is 79.9. The Labute approximate surface area is 225 Å². The molecule has 2 aliphatic rings. The molecule has 4 amide bonds. The van der Waals surface area contributed by atoms with Crippen LogP contribution >= 0.6 is 79.6 Å². The van der Waals surface area contributed by atoms with E-state index in [0.717, 1.165) is 19.8 Å². The van der Waals surface area contributed by atoms with Gasteiger partial charge in [0.1, 0.15) is 0 Å². The van der Waals surface area contributed by atoms with Crippen molar-refractivity contribution in [3.63, 3.8) is 0 Å². The van der Waals surface area contributed by atoms with Gasteiger partial charge in [0, 0.05) is 35.5 Å². The summed E-state index contributed by atoms with van der Waals surface area (Å²) < 4.78 is 3.10. The Hall–Kier alpha value is -0.880. The third-order valence-electron chi connectivity index (χ3n) is 5.77. The Morgan fingerprint density at radius 2 is 0.844 bits per heavy atom. The molecule has 4 rings (SSSR count). The quantitative estimate of drug-likeness (QED) is 0.272. The molecule has 0 aromatic heterocycles. The number of carbonyl (C=O) groups is 4. The van der Waals surface area contributed by atoms with E-state index >= 15 is 0 Å². The molecule has 11 heteroatoms. The normalized spacial score (nSPS) is 15.2. The van der Waals surface area contributed by atoms with Crippen molar-refractivity contribution < 1.29 is 19.2 Å². The van der Waals surface area contributed by atoms with Crippen LogP contribution < -0.4 is 0 Å². The zero-order valence-electron chi connectivity index (χ0n) is 16.8. The Balaban J connectivity index is 1.65. The van der Waals surface area contributed by atoms with Gasteiger partial charge in [-0.1, -0.05) is 15.9 Å². The Kier molecular flexibility index (Phi) is 6.37. The van der Waals surface area contributed by atoms with Gasteiger partial charge in [-0.15, -0.1) is 0 Å². The van der Waals surface area contributed by atoms with Gasteiger partial charge in [0.2, 0.25) is 0 Å². The maximum Gasteiger partial charge on any atom is 0.262 e. The third kappa shape index (κ3) is 3.25. The number of rotatable bonds is 3. The molecule has 0 saturated heterocycles. The molecule has 0 N–H and O–H groups in total. The second kappa shape index (κ2) is 8.41. The zero-order chi connectivity index (χ0) is 23.8. The minimum absolute atomic E-state index is 0.0978. The van der Waals surface area contributed by atoms with Gasteiger partial charge in [-0.3, -0.25) is 29.0 Å². The monoisotopic (exact) mass is 752 g/mol. The van der Waals surface area contributed by atoms with Gasteiger partial charge in [-0.25, -0.2) is 0 Å². The van der Waals surface area contributed by atoms with Crippen molar-refractivity contribution in [2.45, 2.75) is 20.8 Å².